The highest BCUT2D eigenvalue weighted by atomic mass is 127. The fourth-order valence-corrected chi connectivity index (χ4v) is 3.38. The van der Waals surface area contributed by atoms with Crippen molar-refractivity contribution < 1.29 is 9.84 Å². The highest BCUT2D eigenvalue weighted by molar-refractivity contribution is 14.0. The maximum atomic E-state index is 9.93. The zero-order valence-electron chi connectivity index (χ0n) is 15.9. The second-order valence-corrected chi connectivity index (χ2v) is 6.52. The molecule has 1 saturated heterocycles. The van der Waals surface area contributed by atoms with Gasteiger partial charge in [-0.15, -0.1) is 24.0 Å². The number of phenols is 1. The quantitative estimate of drug-likeness (QED) is 0.386. The van der Waals surface area contributed by atoms with Gasteiger partial charge in [0.2, 0.25) is 0 Å². The van der Waals surface area contributed by atoms with Crippen molar-refractivity contribution in [2.75, 3.05) is 26.7 Å². The molecule has 6 heteroatoms. The molecule has 0 amide bonds. The number of phenolic OH excluding ortho intramolecular Hbond substituents is 1. The third-order valence-electron chi connectivity index (χ3n) is 4.75. The lowest BCUT2D eigenvalue weighted by Gasteiger charge is -2.22. The van der Waals surface area contributed by atoms with Crippen LogP contribution in [0.2, 0.25) is 0 Å². The summed E-state index contributed by atoms with van der Waals surface area (Å²) in [6.07, 6.45) is 1.14. The third kappa shape index (κ3) is 5.51. The van der Waals surface area contributed by atoms with E-state index in [-0.39, 0.29) is 29.7 Å². The van der Waals surface area contributed by atoms with Gasteiger partial charge < -0.3 is 20.1 Å². The second kappa shape index (κ2) is 10.4. The number of hydrogen-bond donors (Lipinski definition) is 2. The number of nitrogens with zero attached hydrogens (tertiary/aromatic N) is 2. The van der Waals surface area contributed by atoms with E-state index in [1.165, 1.54) is 5.56 Å². The highest BCUT2D eigenvalue weighted by Gasteiger charge is 2.25. The number of guanidine groups is 1. The Bertz CT molecular complexity index is 752. The standard InChI is InChI=1S/C21H27N3O2.HI/c1-3-22-21(23-14-16-9-10-20(26-2)19(25)13-16)24-12-11-18(15-24)17-7-5-4-6-8-17;/h4-10,13,18,25H,3,11-12,14-15H2,1-2H3,(H,22,23);1H. The highest BCUT2D eigenvalue weighted by Crippen LogP contribution is 2.28. The first-order chi connectivity index (χ1) is 12.7. The fourth-order valence-electron chi connectivity index (χ4n) is 3.38. The molecule has 2 aromatic carbocycles. The maximum absolute atomic E-state index is 9.93. The van der Waals surface area contributed by atoms with Crippen molar-refractivity contribution in [3.05, 3.63) is 59.7 Å². The van der Waals surface area contributed by atoms with E-state index in [0.717, 1.165) is 37.6 Å². The van der Waals surface area contributed by atoms with Crippen LogP contribution >= 0.6 is 24.0 Å². The Morgan fingerprint density at radius 2 is 2.04 bits per heavy atom. The number of hydrogen-bond acceptors (Lipinski definition) is 3. The van der Waals surface area contributed by atoms with Crippen LogP contribution in [-0.4, -0.2) is 42.7 Å². The summed E-state index contributed by atoms with van der Waals surface area (Å²) in [5.74, 6) is 2.11. The number of aromatic hydroxyl groups is 1. The smallest absolute Gasteiger partial charge is 0.194 e. The number of methoxy groups -OCH3 is 1. The molecule has 0 bridgehead atoms. The first kappa shape index (κ1) is 21.3. The van der Waals surface area contributed by atoms with E-state index in [4.69, 9.17) is 9.73 Å². The molecule has 2 aromatic rings. The fraction of sp³-hybridized carbons (Fsp3) is 0.381. The van der Waals surface area contributed by atoms with Gasteiger partial charge in [-0.1, -0.05) is 36.4 Å². The molecular weight excluding hydrogens is 453 g/mol. The van der Waals surface area contributed by atoms with Gasteiger partial charge in [-0.2, -0.15) is 0 Å². The average molecular weight is 481 g/mol. The van der Waals surface area contributed by atoms with Crippen molar-refractivity contribution >= 4 is 29.9 Å². The lowest BCUT2D eigenvalue weighted by molar-refractivity contribution is 0.373. The zero-order chi connectivity index (χ0) is 18.4. The molecule has 0 aromatic heterocycles. The number of aliphatic imine (C=N–C) groups is 1. The van der Waals surface area contributed by atoms with E-state index >= 15 is 0 Å². The van der Waals surface area contributed by atoms with Crippen molar-refractivity contribution in [3.8, 4) is 11.5 Å². The number of ether oxygens (including phenoxy) is 1. The summed E-state index contributed by atoms with van der Waals surface area (Å²) in [6, 6.07) is 16.1. The monoisotopic (exact) mass is 481 g/mol. The molecule has 3 rings (SSSR count). The van der Waals surface area contributed by atoms with Gasteiger partial charge >= 0.3 is 0 Å². The summed E-state index contributed by atoms with van der Waals surface area (Å²) in [5.41, 5.74) is 2.35. The predicted molar refractivity (Wildman–Crippen MR) is 120 cm³/mol. The molecule has 1 atom stereocenters. The van der Waals surface area contributed by atoms with Crippen LogP contribution in [0.25, 0.3) is 0 Å². The number of likely N-dealkylation sites (tertiary alicyclic amines) is 1. The Morgan fingerprint density at radius 3 is 2.70 bits per heavy atom. The zero-order valence-corrected chi connectivity index (χ0v) is 18.2. The van der Waals surface area contributed by atoms with E-state index in [0.29, 0.717) is 18.2 Å². The molecule has 0 spiro atoms. The van der Waals surface area contributed by atoms with E-state index in [9.17, 15) is 5.11 Å². The van der Waals surface area contributed by atoms with Crippen molar-refractivity contribution in [3.63, 3.8) is 0 Å². The Kier molecular flexibility index (Phi) is 8.22. The molecule has 2 N–H and O–H groups in total. The molecule has 1 heterocycles. The van der Waals surface area contributed by atoms with Gasteiger partial charge in [0.05, 0.1) is 13.7 Å². The predicted octanol–water partition coefficient (Wildman–Crippen LogP) is 3.97. The molecule has 0 aliphatic carbocycles. The molecule has 27 heavy (non-hydrogen) atoms. The molecular formula is C21H28IN3O2. The van der Waals surface area contributed by atoms with Crippen LogP contribution in [0.4, 0.5) is 0 Å². The number of halogens is 1. The van der Waals surface area contributed by atoms with Crippen LogP contribution in [0.15, 0.2) is 53.5 Å². The summed E-state index contributed by atoms with van der Waals surface area (Å²) in [4.78, 5) is 7.09. The van der Waals surface area contributed by atoms with Crippen LogP contribution in [-0.2, 0) is 6.54 Å². The van der Waals surface area contributed by atoms with Crippen molar-refractivity contribution in [1.29, 1.82) is 0 Å². The molecule has 1 aliphatic rings. The Labute approximate surface area is 178 Å². The summed E-state index contributed by atoms with van der Waals surface area (Å²) < 4.78 is 5.09. The van der Waals surface area contributed by atoms with E-state index in [1.807, 2.05) is 6.07 Å². The SMILES string of the molecule is CCNC(=NCc1ccc(OC)c(O)c1)N1CCC(c2ccccc2)C1.I. The lowest BCUT2D eigenvalue weighted by Crippen LogP contribution is -2.40. The van der Waals surface area contributed by atoms with Gasteiger partial charge in [0.1, 0.15) is 0 Å². The summed E-state index contributed by atoms with van der Waals surface area (Å²) in [6.45, 7) is 5.41. The summed E-state index contributed by atoms with van der Waals surface area (Å²) >= 11 is 0. The van der Waals surface area contributed by atoms with Gasteiger partial charge in [0, 0.05) is 25.6 Å². The molecule has 1 fully saturated rings. The van der Waals surface area contributed by atoms with Gasteiger partial charge in [-0.25, -0.2) is 4.99 Å². The normalized spacial score (nSPS) is 16.7. The lowest BCUT2D eigenvalue weighted by atomic mass is 9.99. The van der Waals surface area contributed by atoms with Crippen LogP contribution in [0.5, 0.6) is 11.5 Å². The molecule has 5 nitrogen and oxygen atoms in total. The topological polar surface area (TPSA) is 57.1 Å². The number of nitrogens with one attached hydrogen (secondary N) is 1. The van der Waals surface area contributed by atoms with E-state index < -0.39 is 0 Å². The van der Waals surface area contributed by atoms with Crippen LogP contribution in [0.1, 0.15) is 30.4 Å². The molecule has 146 valence electrons. The van der Waals surface area contributed by atoms with Crippen LogP contribution < -0.4 is 10.1 Å². The summed E-state index contributed by atoms with van der Waals surface area (Å²) in [7, 11) is 1.55. The van der Waals surface area contributed by atoms with Crippen molar-refractivity contribution in [2.45, 2.75) is 25.8 Å². The molecule has 1 aliphatic heterocycles. The van der Waals surface area contributed by atoms with Crippen LogP contribution in [0, 0.1) is 0 Å². The van der Waals surface area contributed by atoms with Crippen molar-refractivity contribution in [1.82, 2.24) is 10.2 Å². The Morgan fingerprint density at radius 1 is 1.26 bits per heavy atom. The first-order valence-electron chi connectivity index (χ1n) is 9.15. The van der Waals surface area contributed by atoms with Gasteiger partial charge in [0.25, 0.3) is 0 Å². The minimum Gasteiger partial charge on any atom is -0.504 e. The van der Waals surface area contributed by atoms with Gasteiger partial charge in [0.15, 0.2) is 17.5 Å². The first-order valence-corrected chi connectivity index (χ1v) is 9.15. The number of benzene rings is 2. The van der Waals surface area contributed by atoms with Crippen LogP contribution in [0.3, 0.4) is 0 Å². The van der Waals surface area contributed by atoms with Gasteiger partial charge in [-0.3, -0.25) is 0 Å². The largest absolute Gasteiger partial charge is 0.504 e. The second-order valence-electron chi connectivity index (χ2n) is 6.52. The number of rotatable bonds is 5. The van der Waals surface area contributed by atoms with Gasteiger partial charge in [-0.05, 0) is 36.6 Å². The van der Waals surface area contributed by atoms with Crippen molar-refractivity contribution in [2.24, 2.45) is 4.99 Å². The average Bonchev–Trinajstić information content (AvgIpc) is 3.16. The molecule has 0 saturated carbocycles. The summed E-state index contributed by atoms with van der Waals surface area (Å²) in [5, 5.41) is 13.3. The molecule has 1 unspecified atom stereocenters. The Hall–Kier alpha value is -1.96. The minimum atomic E-state index is 0. The minimum absolute atomic E-state index is 0. The van der Waals surface area contributed by atoms with E-state index in [1.54, 1.807) is 19.2 Å². The Balaban J connectivity index is 0.00000261. The van der Waals surface area contributed by atoms with E-state index in [2.05, 4.69) is 47.5 Å². The maximum Gasteiger partial charge on any atom is 0.194 e. The third-order valence-corrected chi connectivity index (χ3v) is 4.75. The molecule has 0 radical (unpaired) electrons.